The van der Waals surface area contributed by atoms with Gasteiger partial charge in [0.25, 0.3) is 0 Å². The summed E-state index contributed by atoms with van der Waals surface area (Å²) >= 11 is 13.9. The summed E-state index contributed by atoms with van der Waals surface area (Å²) in [5.41, 5.74) is 2.25. The molecule has 172 valence electrons. The van der Waals surface area contributed by atoms with Gasteiger partial charge < -0.3 is 15.1 Å². The van der Waals surface area contributed by atoms with Crippen LogP contribution in [0.5, 0.6) is 0 Å². The molecule has 6 nitrogen and oxygen atoms in total. The van der Waals surface area contributed by atoms with Crippen molar-refractivity contribution in [2.45, 2.75) is 11.6 Å². The molecular weight excluding hydrogens is 477 g/mol. The molecule has 1 saturated heterocycles. The topological polar surface area (TPSA) is 61.4 Å². The van der Waals surface area contributed by atoms with Crippen LogP contribution in [-0.4, -0.2) is 54.4 Å². The first-order valence-electron chi connectivity index (χ1n) is 10.8. The van der Waals surface area contributed by atoms with Crippen LogP contribution < -0.4 is 15.1 Å². The Balaban J connectivity index is 1.28. The predicted octanol–water partition coefficient (Wildman–Crippen LogP) is 4.56. The second-order valence-corrected chi connectivity index (χ2v) is 9.37. The molecule has 2 heterocycles. The van der Waals surface area contributed by atoms with Crippen molar-refractivity contribution >= 4 is 52.4 Å². The van der Waals surface area contributed by atoms with Crippen LogP contribution in [0.3, 0.4) is 0 Å². The van der Waals surface area contributed by atoms with Crippen molar-refractivity contribution in [1.29, 1.82) is 0 Å². The number of hydrogen-bond acceptors (Lipinski definition) is 6. The molecule has 0 saturated carbocycles. The van der Waals surface area contributed by atoms with E-state index in [1.807, 2.05) is 42.5 Å². The lowest BCUT2D eigenvalue weighted by molar-refractivity contribution is -0.118. The third kappa shape index (κ3) is 6.76. The number of piperazine rings is 1. The highest BCUT2D eigenvalue weighted by Gasteiger charge is 2.21. The molecule has 0 atom stereocenters. The smallest absolute Gasteiger partial charge is 0.230 e. The number of aromatic nitrogens is 2. The number of nitrogens with zero attached hydrogens (tertiary/aromatic N) is 4. The molecule has 3 aromatic rings. The number of anilines is 2. The summed E-state index contributed by atoms with van der Waals surface area (Å²) in [4.78, 5) is 25.6. The zero-order valence-corrected chi connectivity index (χ0v) is 20.4. The van der Waals surface area contributed by atoms with Crippen LogP contribution in [0.2, 0.25) is 10.2 Å². The Hall–Kier alpha value is -2.48. The highest BCUT2D eigenvalue weighted by atomic mass is 35.5. The molecule has 0 radical (unpaired) electrons. The van der Waals surface area contributed by atoms with Crippen LogP contribution in [0.1, 0.15) is 5.56 Å². The van der Waals surface area contributed by atoms with E-state index >= 15 is 0 Å². The van der Waals surface area contributed by atoms with E-state index in [0.29, 0.717) is 16.9 Å². The van der Waals surface area contributed by atoms with Gasteiger partial charge in [0.15, 0.2) is 5.16 Å². The van der Waals surface area contributed by atoms with Gasteiger partial charge in [-0.2, -0.15) is 0 Å². The summed E-state index contributed by atoms with van der Waals surface area (Å²) in [6, 6.07) is 19.7. The van der Waals surface area contributed by atoms with Crippen LogP contribution in [0.4, 0.5) is 11.5 Å². The van der Waals surface area contributed by atoms with Gasteiger partial charge in [-0.05, 0) is 24.1 Å². The Morgan fingerprint density at radius 2 is 1.64 bits per heavy atom. The van der Waals surface area contributed by atoms with Crippen molar-refractivity contribution in [2.75, 3.05) is 48.3 Å². The van der Waals surface area contributed by atoms with Gasteiger partial charge in [0, 0.05) is 38.8 Å². The van der Waals surface area contributed by atoms with Crippen molar-refractivity contribution in [3.8, 4) is 0 Å². The maximum Gasteiger partial charge on any atom is 0.230 e. The van der Waals surface area contributed by atoms with Crippen molar-refractivity contribution in [2.24, 2.45) is 0 Å². The molecule has 1 aromatic heterocycles. The SMILES string of the molecule is O=C(CSc1nc(Cl)cc(N2CCN(c3ccccc3Cl)CC2)n1)NCCc1ccccc1. The molecule has 0 aliphatic carbocycles. The number of para-hydroxylation sites is 1. The quantitative estimate of drug-likeness (QED) is 0.277. The maximum atomic E-state index is 12.2. The lowest BCUT2D eigenvalue weighted by Gasteiger charge is -2.37. The molecular formula is C24H25Cl2N5OS. The molecule has 33 heavy (non-hydrogen) atoms. The average Bonchev–Trinajstić information content (AvgIpc) is 2.84. The van der Waals surface area contributed by atoms with Crippen molar-refractivity contribution in [3.63, 3.8) is 0 Å². The van der Waals surface area contributed by atoms with Crippen LogP contribution >= 0.6 is 35.0 Å². The Bertz CT molecular complexity index is 1080. The summed E-state index contributed by atoms with van der Waals surface area (Å²) in [5, 5.41) is 4.58. The molecule has 1 N–H and O–H groups in total. The zero-order valence-electron chi connectivity index (χ0n) is 18.1. The Morgan fingerprint density at radius 1 is 0.939 bits per heavy atom. The number of rotatable bonds is 8. The summed E-state index contributed by atoms with van der Waals surface area (Å²) < 4.78 is 0. The van der Waals surface area contributed by atoms with Gasteiger partial charge >= 0.3 is 0 Å². The first-order valence-corrected chi connectivity index (χ1v) is 12.5. The van der Waals surface area contributed by atoms with Gasteiger partial charge in [-0.3, -0.25) is 4.79 Å². The second kappa shape index (κ2) is 11.6. The second-order valence-electron chi connectivity index (χ2n) is 7.63. The Morgan fingerprint density at radius 3 is 2.39 bits per heavy atom. The number of amides is 1. The largest absolute Gasteiger partial charge is 0.367 e. The molecule has 1 fully saturated rings. The summed E-state index contributed by atoms with van der Waals surface area (Å²) in [5.74, 6) is 0.977. The molecule has 0 spiro atoms. The molecule has 1 aliphatic heterocycles. The highest BCUT2D eigenvalue weighted by molar-refractivity contribution is 7.99. The number of carbonyl (C=O) groups is 1. The van der Waals surface area contributed by atoms with Crippen LogP contribution in [0.15, 0.2) is 65.8 Å². The minimum atomic E-state index is -0.0468. The Kier molecular flexibility index (Phi) is 8.31. The van der Waals surface area contributed by atoms with Gasteiger partial charge in [0.1, 0.15) is 11.0 Å². The first-order chi connectivity index (χ1) is 16.1. The number of benzene rings is 2. The van der Waals surface area contributed by atoms with E-state index in [0.717, 1.165) is 49.1 Å². The minimum absolute atomic E-state index is 0.0468. The van der Waals surface area contributed by atoms with E-state index < -0.39 is 0 Å². The molecule has 0 bridgehead atoms. The molecule has 9 heteroatoms. The standard InChI is InChI=1S/C24H25Cl2N5OS/c25-19-8-4-5-9-20(19)30-12-14-31(15-13-30)22-16-21(26)28-24(29-22)33-17-23(32)27-11-10-18-6-2-1-3-7-18/h1-9,16H,10-15,17H2,(H,27,32). The van der Waals surface area contributed by atoms with Crippen LogP contribution in [0, 0.1) is 0 Å². The van der Waals surface area contributed by atoms with Crippen LogP contribution in [0.25, 0.3) is 0 Å². The fraction of sp³-hybridized carbons (Fsp3) is 0.292. The Labute approximate surface area is 208 Å². The van der Waals surface area contributed by atoms with Gasteiger partial charge in [0.2, 0.25) is 5.91 Å². The van der Waals surface area contributed by atoms with E-state index in [4.69, 9.17) is 23.2 Å². The van der Waals surface area contributed by atoms with Crippen molar-refractivity contribution in [1.82, 2.24) is 15.3 Å². The lowest BCUT2D eigenvalue weighted by atomic mass is 10.1. The number of nitrogens with one attached hydrogen (secondary N) is 1. The molecule has 1 aliphatic rings. The van der Waals surface area contributed by atoms with Crippen molar-refractivity contribution in [3.05, 3.63) is 76.4 Å². The molecule has 1 amide bonds. The monoisotopic (exact) mass is 501 g/mol. The summed E-state index contributed by atoms with van der Waals surface area (Å²) in [6.07, 6.45) is 0.801. The number of thioether (sulfide) groups is 1. The maximum absolute atomic E-state index is 12.2. The summed E-state index contributed by atoms with van der Waals surface area (Å²) in [7, 11) is 0. The average molecular weight is 502 g/mol. The van der Waals surface area contributed by atoms with Gasteiger partial charge in [-0.1, -0.05) is 77.4 Å². The predicted molar refractivity (Wildman–Crippen MR) is 137 cm³/mol. The number of halogens is 2. The van der Waals surface area contributed by atoms with Gasteiger partial charge in [-0.15, -0.1) is 0 Å². The fourth-order valence-electron chi connectivity index (χ4n) is 3.67. The van der Waals surface area contributed by atoms with Crippen molar-refractivity contribution < 1.29 is 4.79 Å². The van der Waals surface area contributed by atoms with E-state index in [9.17, 15) is 4.79 Å². The van der Waals surface area contributed by atoms with E-state index in [1.54, 1.807) is 6.07 Å². The molecule has 0 unspecified atom stereocenters. The number of carbonyl (C=O) groups excluding carboxylic acids is 1. The lowest BCUT2D eigenvalue weighted by Crippen LogP contribution is -2.47. The zero-order chi connectivity index (χ0) is 23.0. The van der Waals surface area contributed by atoms with Gasteiger partial charge in [-0.25, -0.2) is 9.97 Å². The normalized spacial score (nSPS) is 13.8. The molecule has 4 rings (SSSR count). The number of hydrogen-bond donors (Lipinski definition) is 1. The molecule has 2 aromatic carbocycles. The van der Waals surface area contributed by atoms with E-state index in [-0.39, 0.29) is 11.7 Å². The third-order valence-electron chi connectivity index (χ3n) is 5.37. The van der Waals surface area contributed by atoms with Crippen LogP contribution in [-0.2, 0) is 11.2 Å². The highest BCUT2D eigenvalue weighted by Crippen LogP contribution is 2.28. The summed E-state index contributed by atoms with van der Waals surface area (Å²) in [6.45, 7) is 3.85. The fourth-order valence-corrected chi connectivity index (χ4v) is 4.83. The minimum Gasteiger partial charge on any atom is -0.367 e. The van der Waals surface area contributed by atoms with Gasteiger partial charge in [0.05, 0.1) is 16.5 Å². The first kappa shape index (κ1) is 23.7. The third-order valence-corrected chi connectivity index (χ3v) is 6.73. The van der Waals surface area contributed by atoms with E-state index in [2.05, 4.69) is 37.2 Å². The van der Waals surface area contributed by atoms with E-state index in [1.165, 1.54) is 17.3 Å².